The van der Waals surface area contributed by atoms with Crippen LogP contribution in [0.25, 0.3) is 0 Å². The van der Waals surface area contributed by atoms with Gasteiger partial charge in [0.25, 0.3) is 0 Å². The normalized spacial score (nSPS) is 54.5. The van der Waals surface area contributed by atoms with Crippen LogP contribution in [-0.4, -0.2) is 45.7 Å². The lowest BCUT2D eigenvalue weighted by Crippen LogP contribution is -2.61. The first kappa shape index (κ1) is 17.1. The van der Waals surface area contributed by atoms with Gasteiger partial charge in [0.05, 0.1) is 6.10 Å². The minimum absolute atomic E-state index is 0.0340. The minimum atomic E-state index is -1.44. The maximum absolute atomic E-state index is 12.4. The van der Waals surface area contributed by atoms with Crippen molar-refractivity contribution in [2.75, 3.05) is 6.61 Å². The van der Waals surface area contributed by atoms with E-state index in [4.69, 9.17) is 4.74 Å². The summed E-state index contributed by atoms with van der Waals surface area (Å²) in [5.74, 6) is 0.315. The molecule has 3 saturated carbocycles. The van der Waals surface area contributed by atoms with E-state index in [1.165, 1.54) is 5.57 Å². The number of ether oxygens (including phenoxy) is 1. The Kier molecular flexibility index (Phi) is 3.20. The van der Waals surface area contributed by atoms with Crippen LogP contribution in [0, 0.1) is 22.7 Å². The molecule has 0 bridgehead atoms. The highest BCUT2D eigenvalue weighted by Crippen LogP contribution is 2.76. The van der Waals surface area contributed by atoms with E-state index in [1.807, 2.05) is 13.0 Å². The van der Waals surface area contributed by atoms with Crippen molar-refractivity contribution in [3.05, 3.63) is 11.6 Å². The largest absolute Gasteiger partial charge is 0.388 e. The smallest absolute Gasteiger partial charge is 0.190 e. The summed E-state index contributed by atoms with van der Waals surface area (Å²) in [6.07, 6.45) is 7.08. The predicted molar refractivity (Wildman–Crippen MR) is 93.2 cm³/mol. The molecule has 4 aliphatic carbocycles. The van der Waals surface area contributed by atoms with Gasteiger partial charge >= 0.3 is 0 Å². The molecule has 7 atom stereocenters. The van der Waals surface area contributed by atoms with Gasteiger partial charge in [-0.1, -0.05) is 19.4 Å². The SMILES string of the molecule is C[C@@]12CCC(=O)C=C1CC[C@@H]1[C@H]3CC[C@@](O)(C(=O)CO)[C@]3(C)C[C@H]3O[C@@]132. The lowest BCUT2D eigenvalue weighted by molar-refractivity contribution is -0.160. The van der Waals surface area contributed by atoms with Crippen molar-refractivity contribution in [1.82, 2.24) is 0 Å². The van der Waals surface area contributed by atoms with E-state index >= 15 is 0 Å². The fraction of sp³-hybridized carbons (Fsp3) is 0.810. The van der Waals surface area contributed by atoms with Crippen molar-refractivity contribution in [3.8, 4) is 0 Å². The highest BCUT2D eigenvalue weighted by atomic mass is 16.6. The molecule has 142 valence electrons. The van der Waals surface area contributed by atoms with Crippen LogP contribution in [0.3, 0.4) is 0 Å². The molecule has 0 aromatic heterocycles. The molecule has 0 aromatic carbocycles. The number of hydrogen-bond acceptors (Lipinski definition) is 5. The van der Waals surface area contributed by atoms with E-state index in [0.717, 1.165) is 25.7 Å². The molecule has 1 heterocycles. The number of fused-ring (bicyclic) bond motifs is 3. The number of rotatable bonds is 2. The van der Waals surface area contributed by atoms with Crippen LogP contribution in [0.5, 0.6) is 0 Å². The van der Waals surface area contributed by atoms with Gasteiger partial charge in [-0.15, -0.1) is 0 Å². The summed E-state index contributed by atoms with van der Waals surface area (Å²) >= 11 is 0. The predicted octanol–water partition coefficient (Wildman–Crippen LogP) is 1.94. The Balaban J connectivity index is 1.57. The molecular weight excluding hydrogens is 332 g/mol. The topological polar surface area (TPSA) is 87.1 Å². The lowest BCUT2D eigenvalue weighted by atomic mass is 9.46. The molecule has 2 N–H and O–H groups in total. The molecule has 5 heteroatoms. The molecule has 5 nitrogen and oxygen atoms in total. The number of aliphatic hydroxyl groups excluding tert-OH is 1. The summed E-state index contributed by atoms with van der Waals surface area (Å²) in [6.45, 7) is 3.69. The Bertz CT molecular complexity index is 743. The monoisotopic (exact) mass is 360 g/mol. The molecule has 5 aliphatic rings. The highest BCUT2D eigenvalue weighted by Gasteiger charge is 2.81. The second-order valence-corrected chi connectivity index (χ2v) is 9.72. The number of epoxide rings is 1. The number of ketones is 2. The molecule has 0 amide bonds. The summed E-state index contributed by atoms with van der Waals surface area (Å²) in [4.78, 5) is 24.4. The third kappa shape index (κ3) is 1.65. The van der Waals surface area contributed by atoms with Crippen LogP contribution >= 0.6 is 0 Å². The number of aliphatic hydroxyl groups is 2. The first-order chi connectivity index (χ1) is 12.2. The summed E-state index contributed by atoms with van der Waals surface area (Å²) in [7, 11) is 0. The van der Waals surface area contributed by atoms with Gasteiger partial charge in [0.1, 0.15) is 17.8 Å². The Morgan fingerprint density at radius 2 is 2.00 bits per heavy atom. The van der Waals surface area contributed by atoms with Gasteiger partial charge in [-0.3, -0.25) is 9.59 Å². The molecule has 5 rings (SSSR count). The van der Waals surface area contributed by atoms with Crippen molar-refractivity contribution in [3.63, 3.8) is 0 Å². The Morgan fingerprint density at radius 1 is 1.23 bits per heavy atom. The summed E-state index contributed by atoms with van der Waals surface area (Å²) < 4.78 is 6.45. The standard InChI is InChI=1S/C21H28O5/c1-18-7-5-13(23)9-12(18)3-4-15-14-6-8-20(25,16(24)11-22)19(14,2)10-17-21(15,18)26-17/h9,14-15,17,22,25H,3-8,10-11H2,1-2H3/t14-,15-,17-,18-,19-,20-,21+/m1/s1. The third-order valence-corrected chi connectivity index (χ3v) is 9.09. The number of carbonyl (C=O) groups excluding carboxylic acids is 2. The second kappa shape index (κ2) is 4.86. The van der Waals surface area contributed by atoms with Gasteiger partial charge < -0.3 is 14.9 Å². The van der Waals surface area contributed by atoms with Crippen molar-refractivity contribution >= 4 is 11.6 Å². The van der Waals surface area contributed by atoms with Crippen molar-refractivity contribution < 1.29 is 24.5 Å². The fourth-order valence-corrected chi connectivity index (χ4v) is 7.61. The Morgan fingerprint density at radius 3 is 2.73 bits per heavy atom. The maximum atomic E-state index is 12.4. The van der Waals surface area contributed by atoms with Crippen LogP contribution in [0.2, 0.25) is 0 Å². The van der Waals surface area contributed by atoms with Gasteiger partial charge in [-0.2, -0.15) is 0 Å². The quantitative estimate of drug-likeness (QED) is 0.735. The number of carbonyl (C=O) groups is 2. The van der Waals surface area contributed by atoms with Gasteiger partial charge in [-0.25, -0.2) is 0 Å². The van der Waals surface area contributed by atoms with Gasteiger partial charge in [0.15, 0.2) is 11.6 Å². The summed E-state index contributed by atoms with van der Waals surface area (Å²) in [5.41, 5.74) is -1.06. The molecule has 1 saturated heterocycles. The Labute approximate surface area is 153 Å². The molecule has 0 unspecified atom stereocenters. The van der Waals surface area contributed by atoms with E-state index < -0.39 is 23.4 Å². The van der Waals surface area contributed by atoms with E-state index in [-0.39, 0.29) is 28.8 Å². The van der Waals surface area contributed by atoms with Crippen LogP contribution in [-0.2, 0) is 14.3 Å². The maximum Gasteiger partial charge on any atom is 0.190 e. The van der Waals surface area contributed by atoms with Crippen LogP contribution in [0.15, 0.2) is 11.6 Å². The van der Waals surface area contributed by atoms with Crippen LogP contribution < -0.4 is 0 Å². The minimum Gasteiger partial charge on any atom is -0.388 e. The molecule has 0 radical (unpaired) electrons. The van der Waals surface area contributed by atoms with Crippen molar-refractivity contribution in [1.29, 1.82) is 0 Å². The molecule has 1 aliphatic heterocycles. The molecule has 1 spiro atoms. The van der Waals surface area contributed by atoms with Crippen molar-refractivity contribution in [2.24, 2.45) is 22.7 Å². The number of hydrogen-bond donors (Lipinski definition) is 2. The van der Waals surface area contributed by atoms with E-state index in [1.54, 1.807) is 0 Å². The summed E-state index contributed by atoms with van der Waals surface area (Å²) in [6, 6.07) is 0. The van der Waals surface area contributed by atoms with Gasteiger partial charge in [-0.05, 0) is 56.4 Å². The molecule has 26 heavy (non-hydrogen) atoms. The molecule has 0 aromatic rings. The number of Topliss-reactive ketones (excluding diaryl/α,β-unsaturated/α-hetero) is 1. The highest BCUT2D eigenvalue weighted by molar-refractivity contribution is 5.92. The first-order valence-corrected chi connectivity index (χ1v) is 10.0. The Hall–Kier alpha value is -1.04. The van der Waals surface area contributed by atoms with Gasteiger partial charge in [0.2, 0.25) is 0 Å². The van der Waals surface area contributed by atoms with Crippen molar-refractivity contribution in [2.45, 2.75) is 76.1 Å². The lowest BCUT2D eigenvalue weighted by Gasteiger charge is -2.56. The van der Waals surface area contributed by atoms with Crippen LogP contribution in [0.4, 0.5) is 0 Å². The van der Waals surface area contributed by atoms with Crippen LogP contribution in [0.1, 0.15) is 58.8 Å². The molecular formula is C21H28O5. The van der Waals surface area contributed by atoms with E-state index in [0.29, 0.717) is 25.2 Å². The first-order valence-electron chi connectivity index (χ1n) is 10.0. The van der Waals surface area contributed by atoms with Gasteiger partial charge in [0, 0.05) is 17.3 Å². The average Bonchev–Trinajstić information content (AvgIpc) is 3.27. The fourth-order valence-electron chi connectivity index (χ4n) is 7.61. The van der Waals surface area contributed by atoms with E-state index in [9.17, 15) is 19.8 Å². The zero-order valence-electron chi connectivity index (χ0n) is 15.6. The zero-order valence-corrected chi connectivity index (χ0v) is 15.6. The third-order valence-electron chi connectivity index (χ3n) is 9.09. The second-order valence-electron chi connectivity index (χ2n) is 9.72. The summed E-state index contributed by atoms with van der Waals surface area (Å²) in [5, 5.41) is 20.7. The molecule has 4 fully saturated rings. The average molecular weight is 360 g/mol. The zero-order chi connectivity index (χ0) is 18.5. The van der Waals surface area contributed by atoms with E-state index in [2.05, 4.69) is 6.92 Å².